The van der Waals surface area contributed by atoms with Gasteiger partial charge in [-0.25, -0.2) is 4.98 Å². The van der Waals surface area contributed by atoms with Gasteiger partial charge in [-0.15, -0.1) is 0 Å². The minimum atomic E-state index is -0.349. The number of amides is 2. The lowest BCUT2D eigenvalue weighted by Crippen LogP contribution is -2.38. The zero-order chi connectivity index (χ0) is 24.1. The van der Waals surface area contributed by atoms with E-state index in [1.165, 1.54) is 11.2 Å². The van der Waals surface area contributed by atoms with Crippen molar-refractivity contribution in [1.29, 1.82) is 0 Å². The third-order valence-corrected chi connectivity index (χ3v) is 5.24. The largest absolute Gasteiger partial charge is 0.485 e. The number of oxazole rings is 1. The number of rotatable bonds is 9. The SMILES string of the molecule is CCCNC(=O)c1coc(CN2C(=O)COc3ccc(C(=O)COc4cccc(Cl)c4)cc32)n1. The van der Waals surface area contributed by atoms with E-state index >= 15 is 0 Å². The molecule has 10 heteroatoms. The van der Waals surface area contributed by atoms with E-state index in [1.807, 2.05) is 6.92 Å². The minimum Gasteiger partial charge on any atom is -0.485 e. The Bertz CT molecular complexity index is 1220. The van der Waals surface area contributed by atoms with Crippen molar-refractivity contribution < 1.29 is 28.3 Å². The Balaban J connectivity index is 1.49. The van der Waals surface area contributed by atoms with E-state index in [4.69, 9.17) is 25.5 Å². The fourth-order valence-electron chi connectivity index (χ4n) is 3.29. The van der Waals surface area contributed by atoms with Crippen LogP contribution in [0.5, 0.6) is 11.5 Å². The van der Waals surface area contributed by atoms with Gasteiger partial charge in [-0.2, -0.15) is 0 Å². The van der Waals surface area contributed by atoms with Gasteiger partial charge in [0.25, 0.3) is 11.8 Å². The van der Waals surface area contributed by atoms with Crippen LogP contribution in [0.4, 0.5) is 5.69 Å². The molecule has 0 spiro atoms. The average molecular weight is 484 g/mol. The van der Waals surface area contributed by atoms with Crippen LogP contribution in [0.25, 0.3) is 0 Å². The number of anilines is 1. The number of benzene rings is 2. The van der Waals surface area contributed by atoms with Crippen molar-refractivity contribution in [2.45, 2.75) is 19.9 Å². The van der Waals surface area contributed by atoms with Gasteiger partial charge >= 0.3 is 0 Å². The molecule has 34 heavy (non-hydrogen) atoms. The monoisotopic (exact) mass is 483 g/mol. The van der Waals surface area contributed by atoms with E-state index < -0.39 is 0 Å². The van der Waals surface area contributed by atoms with E-state index in [9.17, 15) is 14.4 Å². The van der Waals surface area contributed by atoms with Crippen LogP contribution in [0, 0.1) is 0 Å². The van der Waals surface area contributed by atoms with Gasteiger partial charge in [-0.1, -0.05) is 24.6 Å². The maximum atomic E-state index is 12.7. The molecule has 4 rings (SSSR count). The van der Waals surface area contributed by atoms with Crippen molar-refractivity contribution >= 4 is 34.9 Å². The summed E-state index contributed by atoms with van der Waals surface area (Å²) >= 11 is 5.94. The number of ether oxygens (including phenoxy) is 2. The maximum absolute atomic E-state index is 12.7. The summed E-state index contributed by atoms with van der Waals surface area (Å²) in [6, 6.07) is 11.5. The molecule has 0 atom stereocenters. The number of hydrogen-bond acceptors (Lipinski definition) is 7. The smallest absolute Gasteiger partial charge is 0.273 e. The topological polar surface area (TPSA) is 111 Å². The molecular weight excluding hydrogens is 462 g/mol. The van der Waals surface area contributed by atoms with Crippen LogP contribution < -0.4 is 19.7 Å². The van der Waals surface area contributed by atoms with Gasteiger partial charge in [0.15, 0.2) is 24.7 Å². The summed E-state index contributed by atoms with van der Waals surface area (Å²) in [7, 11) is 0. The first-order valence-corrected chi connectivity index (χ1v) is 11.0. The highest BCUT2D eigenvalue weighted by Crippen LogP contribution is 2.34. The molecular formula is C24H22ClN3O6. The molecule has 3 aromatic rings. The molecule has 2 aromatic carbocycles. The Labute approximate surface area is 200 Å². The van der Waals surface area contributed by atoms with Gasteiger partial charge in [0.05, 0.1) is 5.69 Å². The number of hydrogen-bond donors (Lipinski definition) is 1. The lowest BCUT2D eigenvalue weighted by atomic mass is 10.1. The molecule has 0 bridgehead atoms. The summed E-state index contributed by atoms with van der Waals surface area (Å²) < 4.78 is 16.4. The molecule has 0 radical (unpaired) electrons. The Morgan fingerprint density at radius 1 is 1.24 bits per heavy atom. The number of fused-ring (bicyclic) bond motifs is 1. The average Bonchev–Trinajstić information content (AvgIpc) is 3.31. The van der Waals surface area contributed by atoms with Gasteiger partial charge in [0, 0.05) is 17.1 Å². The normalized spacial score (nSPS) is 12.6. The standard InChI is InChI=1S/C24H22ClN3O6/c1-2-8-26-24(31)18-12-34-22(27-18)11-28-19-9-15(6-7-21(19)33-14-23(28)30)20(29)13-32-17-5-3-4-16(25)10-17/h3-7,9-10,12H,2,8,11,13-14H2,1H3,(H,26,31). The Morgan fingerprint density at radius 3 is 2.88 bits per heavy atom. The van der Waals surface area contributed by atoms with E-state index in [1.54, 1.807) is 42.5 Å². The molecule has 1 aliphatic rings. The first-order valence-electron chi connectivity index (χ1n) is 10.7. The minimum absolute atomic E-state index is 0.0209. The fourth-order valence-corrected chi connectivity index (χ4v) is 3.47. The highest BCUT2D eigenvalue weighted by atomic mass is 35.5. The summed E-state index contributed by atoms with van der Waals surface area (Å²) in [6.07, 6.45) is 2.04. The van der Waals surface area contributed by atoms with Crippen molar-refractivity contribution in [2.24, 2.45) is 0 Å². The van der Waals surface area contributed by atoms with Gasteiger partial charge in [-0.05, 0) is 42.8 Å². The third kappa shape index (κ3) is 5.37. The van der Waals surface area contributed by atoms with Crippen LogP contribution in [-0.4, -0.2) is 42.3 Å². The number of carbonyl (C=O) groups excluding carboxylic acids is 3. The molecule has 0 saturated heterocycles. The number of Topliss-reactive ketones (excluding diaryl/α,β-unsaturated/α-hetero) is 1. The number of aromatic nitrogens is 1. The second-order valence-electron chi connectivity index (χ2n) is 7.50. The predicted molar refractivity (Wildman–Crippen MR) is 124 cm³/mol. The molecule has 2 amide bonds. The first kappa shape index (κ1) is 23.3. The molecule has 1 N–H and O–H groups in total. The maximum Gasteiger partial charge on any atom is 0.273 e. The summed E-state index contributed by atoms with van der Waals surface area (Å²) in [6.45, 7) is 2.08. The quantitative estimate of drug-likeness (QED) is 0.462. The Kier molecular flexibility index (Phi) is 7.12. The molecule has 1 aliphatic heterocycles. The van der Waals surface area contributed by atoms with Crippen molar-refractivity contribution in [3.8, 4) is 11.5 Å². The second-order valence-corrected chi connectivity index (χ2v) is 7.94. The number of nitrogens with one attached hydrogen (secondary N) is 1. The van der Waals surface area contributed by atoms with Crippen LogP contribution in [-0.2, 0) is 11.3 Å². The summed E-state index contributed by atoms with van der Waals surface area (Å²) in [5.74, 6) is 0.136. The third-order valence-electron chi connectivity index (χ3n) is 5.00. The molecule has 0 saturated carbocycles. The molecule has 0 aliphatic carbocycles. The Hall–Kier alpha value is -3.85. The highest BCUT2D eigenvalue weighted by molar-refractivity contribution is 6.30. The van der Waals surface area contributed by atoms with Crippen LogP contribution >= 0.6 is 11.6 Å². The first-order chi connectivity index (χ1) is 16.4. The van der Waals surface area contributed by atoms with Gasteiger partial charge in [-0.3, -0.25) is 19.3 Å². The molecule has 176 valence electrons. The van der Waals surface area contributed by atoms with E-state index in [0.717, 1.165) is 6.42 Å². The molecule has 1 aromatic heterocycles. The van der Waals surface area contributed by atoms with Crippen molar-refractivity contribution in [3.05, 3.63) is 70.9 Å². The van der Waals surface area contributed by atoms with Gasteiger partial charge < -0.3 is 19.2 Å². The number of carbonyl (C=O) groups is 3. The van der Waals surface area contributed by atoms with E-state index in [-0.39, 0.29) is 48.9 Å². The number of ketones is 1. The van der Waals surface area contributed by atoms with Crippen molar-refractivity contribution in [3.63, 3.8) is 0 Å². The molecule has 0 fully saturated rings. The second kappa shape index (κ2) is 10.4. The van der Waals surface area contributed by atoms with Crippen LogP contribution in [0.1, 0.15) is 40.1 Å². The lowest BCUT2D eigenvalue weighted by Gasteiger charge is -2.28. The summed E-state index contributed by atoms with van der Waals surface area (Å²) in [5.41, 5.74) is 0.877. The van der Waals surface area contributed by atoms with Crippen molar-refractivity contribution in [1.82, 2.24) is 10.3 Å². The van der Waals surface area contributed by atoms with E-state index in [2.05, 4.69) is 10.3 Å². The van der Waals surface area contributed by atoms with Gasteiger partial charge in [0.1, 0.15) is 24.3 Å². The zero-order valence-electron chi connectivity index (χ0n) is 18.4. The molecule has 9 nitrogen and oxygen atoms in total. The number of nitrogens with zero attached hydrogens (tertiary/aromatic N) is 2. The van der Waals surface area contributed by atoms with Crippen LogP contribution in [0.3, 0.4) is 0 Å². The van der Waals surface area contributed by atoms with Gasteiger partial charge in [0.2, 0.25) is 5.89 Å². The van der Waals surface area contributed by atoms with Crippen molar-refractivity contribution in [2.75, 3.05) is 24.7 Å². The highest BCUT2D eigenvalue weighted by Gasteiger charge is 2.28. The van der Waals surface area contributed by atoms with Crippen LogP contribution in [0.2, 0.25) is 5.02 Å². The molecule has 2 heterocycles. The fraction of sp³-hybridized carbons (Fsp3) is 0.250. The Morgan fingerprint density at radius 2 is 2.09 bits per heavy atom. The number of halogens is 1. The zero-order valence-corrected chi connectivity index (χ0v) is 19.1. The lowest BCUT2D eigenvalue weighted by molar-refractivity contribution is -0.121. The van der Waals surface area contributed by atoms with E-state index in [0.29, 0.717) is 34.3 Å². The predicted octanol–water partition coefficient (Wildman–Crippen LogP) is 3.66. The summed E-state index contributed by atoms with van der Waals surface area (Å²) in [4.78, 5) is 43.0. The molecule has 0 unspecified atom stereocenters. The van der Waals surface area contributed by atoms with Crippen LogP contribution in [0.15, 0.2) is 53.1 Å². The summed E-state index contributed by atoms with van der Waals surface area (Å²) in [5, 5.41) is 3.22.